The van der Waals surface area contributed by atoms with Gasteiger partial charge in [-0.15, -0.1) is 0 Å². The summed E-state index contributed by atoms with van der Waals surface area (Å²) < 4.78 is 5.45. The lowest BCUT2D eigenvalue weighted by Crippen LogP contribution is -2.25. The summed E-state index contributed by atoms with van der Waals surface area (Å²) >= 11 is 0. The van der Waals surface area contributed by atoms with Gasteiger partial charge in [0.1, 0.15) is 5.82 Å². The quantitative estimate of drug-likeness (QED) is 0.670. The molecule has 1 saturated heterocycles. The number of benzene rings is 2. The Labute approximate surface area is 152 Å². The molecule has 0 bridgehead atoms. The van der Waals surface area contributed by atoms with Crippen LogP contribution in [-0.2, 0) is 11.2 Å². The van der Waals surface area contributed by atoms with Crippen LogP contribution in [0.3, 0.4) is 0 Å². The van der Waals surface area contributed by atoms with Crippen LogP contribution in [0.1, 0.15) is 40.5 Å². The molecule has 4 rings (SSSR count). The van der Waals surface area contributed by atoms with Crippen LogP contribution < -0.4 is 5.32 Å². The predicted molar refractivity (Wildman–Crippen MR) is 101 cm³/mol. The number of ether oxygens (including phenoxy) is 1. The largest absolute Gasteiger partial charge is 0.381 e. The minimum absolute atomic E-state index is 0.0182. The number of carbonyl (C=O) groups is 1. The number of carbonyl (C=O) groups excluding carboxylic acids is 1. The molecule has 5 nitrogen and oxygen atoms in total. The number of aromatic nitrogens is 2. The Balaban J connectivity index is 1.29. The average molecular weight is 349 g/mol. The number of aromatic amines is 1. The zero-order valence-electron chi connectivity index (χ0n) is 14.7. The van der Waals surface area contributed by atoms with E-state index in [9.17, 15) is 4.79 Å². The first kappa shape index (κ1) is 16.8. The van der Waals surface area contributed by atoms with Crippen molar-refractivity contribution in [2.75, 3.05) is 19.8 Å². The molecule has 2 heterocycles. The van der Waals surface area contributed by atoms with E-state index in [2.05, 4.69) is 21.4 Å². The van der Waals surface area contributed by atoms with Crippen molar-refractivity contribution in [3.63, 3.8) is 0 Å². The summed E-state index contributed by atoms with van der Waals surface area (Å²) in [4.78, 5) is 20.3. The normalized spacial score (nSPS) is 16.8. The van der Waals surface area contributed by atoms with Crippen LogP contribution in [0.15, 0.2) is 48.5 Å². The molecule has 1 aromatic heterocycles. The summed E-state index contributed by atoms with van der Waals surface area (Å²) in [5, 5.41) is 3.01. The highest BCUT2D eigenvalue weighted by Gasteiger charge is 2.18. The van der Waals surface area contributed by atoms with Gasteiger partial charge in [0.25, 0.3) is 5.91 Å². The second kappa shape index (κ2) is 7.70. The van der Waals surface area contributed by atoms with E-state index in [1.807, 2.05) is 42.5 Å². The van der Waals surface area contributed by atoms with E-state index in [4.69, 9.17) is 4.74 Å². The van der Waals surface area contributed by atoms with Gasteiger partial charge in [0.2, 0.25) is 0 Å². The minimum Gasteiger partial charge on any atom is -0.381 e. The number of nitrogens with zero attached hydrogens (tertiary/aromatic N) is 1. The molecule has 2 N–H and O–H groups in total. The third-order valence-corrected chi connectivity index (χ3v) is 4.86. The molecule has 2 aromatic carbocycles. The summed E-state index contributed by atoms with van der Waals surface area (Å²) in [6.45, 7) is 2.19. The Morgan fingerprint density at radius 1 is 1.23 bits per heavy atom. The maximum atomic E-state index is 12.4. The number of H-pyrrole nitrogens is 1. The fourth-order valence-electron chi connectivity index (χ4n) is 3.42. The van der Waals surface area contributed by atoms with E-state index in [0.717, 1.165) is 54.9 Å². The van der Waals surface area contributed by atoms with Gasteiger partial charge in [-0.05, 0) is 42.7 Å². The zero-order valence-corrected chi connectivity index (χ0v) is 14.7. The summed E-state index contributed by atoms with van der Waals surface area (Å²) in [5.41, 5.74) is 3.95. The molecule has 0 radical (unpaired) electrons. The topological polar surface area (TPSA) is 67.0 Å². The van der Waals surface area contributed by atoms with E-state index >= 15 is 0 Å². The Kier molecular flexibility index (Phi) is 4.97. The van der Waals surface area contributed by atoms with Crippen LogP contribution >= 0.6 is 0 Å². The van der Waals surface area contributed by atoms with Gasteiger partial charge in [0, 0.05) is 31.1 Å². The standard InChI is InChI=1S/C21H23N3O2/c25-21(16-6-3-5-15(13-16)17-10-12-26-14-17)22-11-4-9-20-23-18-7-1-2-8-19(18)24-20/h1-3,5-8,13,17H,4,9-12,14H2,(H,22,25)(H,23,24). The van der Waals surface area contributed by atoms with Gasteiger partial charge in [-0.25, -0.2) is 4.98 Å². The van der Waals surface area contributed by atoms with Gasteiger partial charge in [0.05, 0.1) is 17.6 Å². The van der Waals surface area contributed by atoms with E-state index in [1.54, 1.807) is 0 Å². The lowest BCUT2D eigenvalue weighted by Gasteiger charge is -2.10. The first-order valence-corrected chi connectivity index (χ1v) is 9.19. The molecule has 3 aromatic rings. The smallest absolute Gasteiger partial charge is 0.251 e. The highest BCUT2D eigenvalue weighted by atomic mass is 16.5. The number of amides is 1. The molecule has 1 aliphatic rings. The first-order valence-electron chi connectivity index (χ1n) is 9.19. The lowest BCUT2D eigenvalue weighted by atomic mass is 9.96. The van der Waals surface area contributed by atoms with Crippen molar-refractivity contribution >= 4 is 16.9 Å². The zero-order chi connectivity index (χ0) is 17.8. The van der Waals surface area contributed by atoms with Crippen LogP contribution in [0.5, 0.6) is 0 Å². The van der Waals surface area contributed by atoms with Crippen molar-refractivity contribution in [3.8, 4) is 0 Å². The fourth-order valence-corrected chi connectivity index (χ4v) is 3.42. The van der Waals surface area contributed by atoms with Gasteiger partial charge >= 0.3 is 0 Å². The van der Waals surface area contributed by atoms with E-state index in [-0.39, 0.29) is 5.91 Å². The first-order chi connectivity index (χ1) is 12.8. The highest BCUT2D eigenvalue weighted by Crippen LogP contribution is 2.25. The van der Waals surface area contributed by atoms with E-state index in [1.165, 1.54) is 5.56 Å². The molecule has 1 fully saturated rings. The molecule has 0 saturated carbocycles. The number of nitrogens with one attached hydrogen (secondary N) is 2. The van der Waals surface area contributed by atoms with E-state index < -0.39 is 0 Å². The molecule has 0 aliphatic carbocycles. The van der Waals surface area contributed by atoms with Crippen molar-refractivity contribution in [3.05, 3.63) is 65.5 Å². The second-order valence-electron chi connectivity index (χ2n) is 6.75. The number of imidazole rings is 1. The minimum atomic E-state index is -0.0182. The van der Waals surface area contributed by atoms with E-state index in [0.29, 0.717) is 12.5 Å². The Morgan fingerprint density at radius 3 is 3.00 bits per heavy atom. The number of para-hydroxylation sites is 2. The van der Waals surface area contributed by atoms with Gasteiger partial charge in [-0.1, -0.05) is 24.3 Å². The molecule has 1 unspecified atom stereocenters. The van der Waals surface area contributed by atoms with Gasteiger partial charge in [0.15, 0.2) is 0 Å². The number of fused-ring (bicyclic) bond motifs is 1. The van der Waals surface area contributed by atoms with Crippen molar-refractivity contribution in [1.82, 2.24) is 15.3 Å². The maximum absolute atomic E-state index is 12.4. The van der Waals surface area contributed by atoms with Gasteiger partial charge in [-0.2, -0.15) is 0 Å². The average Bonchev–Trinajstić information content (AvgIpc) is 3.34. The molecule has 0 spiro atoms. The Bertz CT molecular complexity index is 864. The maximum Gasteiger partial charge on any atom is 0.251 e. The van der Waals surface area contributed by atoms with Crippen molar-refractivity contribution in [2.24, 2.45) is 0 Å². The number of hydrogen-bond acceptors (Lipinski definition) is 3. The molecule has 5 heteroatoms. The fraction of sp³-hybridized carbons (Fsp3) is 0.333. The van der Waals surface area contributed by atoms with Crippen LogP contribution in [0.4, 0.5) is 0 Å². The van der Waals surface area contributed by atoms with Crippen LogP contribution in [0.25, 0.3) is 11.0 Å². The Hall–Kier alpha value is -2.66. The molecule has 1 atom stereocenters. The summed E-state index contributed by atoms with van der Waals surface area (Å²) in [6, 6.07) is 15.9. The molecule has 26 heavy (non-hydrogen) atoms. The highest BCUT2D eigenvalue weighted by molar-refractivity contribution is 5.94. The third-order valence-electron chi connectivity index (χ3n) is 4.86. The lowest BCUT2D eigenvalue weighted by molar-refractivity contribution is 0.0953. The monoisotopic (exact) mass is 349 g/mol. The number of aryl methyl sites for hydroxylation is 1. The SMILES string of the molecule is O=C(NCCCc1nc2ccccc2[nH]1)c1cccc(C2CCOC2)c1. The molecule has 134 valence electrons. The Morgan fingerprint density at radius 2 is 2.15 bits per heavy atom. The molecular weight excluding hydrogens is 326 g/mol. The summed E-state index contributed by atoms with van der Waals surface area (Å²) in [7, 11) is 0. The van der Waals surface area contributed by atoms with Crippen molar-refractivity contribution < 1.29 is 9.53 Å². The second-order valence-corrected chi connectivity index (χ2v) is 6.75. The van der Waals surface area contributed by atoms with Crippen molar-refractivity contribution in [2.45, 2.75) is 25.2 Å². The predicted octanol–water partition coefficient (Wildman–Crippen LogP) is 3.43. The summed E-state index contributed by atoms with van der Waals surface area (Å²) in [5.74, 6) is 1.36. The van der Waals surface area contributed by atoms with Crippen molar-refractivity contribution in [1.29, 1.82) is 0 Å². The van der Waals surface area contributed by atoms with Gasteiger partial charge < -0.3 is 15.0 Å². The van der Waals surface area contributed by atoms with Crippen LogP contribution in [-0.4, -0.2) is 35.6 Å². The number of rotatable bonds is 6. The van der Waals surface area contributed by atoms with Crippen LogP contribution in [0, 0.1) is 0 Å². The molecular formula is C21H23N3O2. The third kappa shape index (κ3) is 3.78. The molecule has 1 amide bonds. The van der Waals surface area contributed by atoms with Crippen LogP contribution in [0.2, 0.25) is 0 Å². The number of hydrogen-bond donors (Lipinski definition) is 2. The van der Waals surface area contributed by atoms with Gasteiger partial charge in [-0.3, -0.25) is 4.79 Å². The molecule has 1 aliphatic heterocycles. The summed E-state index contributed by atoms with van der Waals surface area (Å²) in [6.07, 6.45) is 2.69.